The molecule has 0 saturated carbocycles. The van der Waals surface area contributed by atoms with E-state index in [2.05, 4.69) is 124 Å². The minimum Gasteiger partial charge on any atom is -0.456 e. The number of hydrogen-bond donors (Lipinski definition) is 0. The van der Waals surface area contributed by atoms with Crippen LogP contribution in [0.25, 0.3) is 88.1 Å². The number of furan rings is 1. The summed E-state index contributed by atoms with van der Waals surface area (Å²) in [5, 5.41) is 4.07. The van der Waals surface area contributed by atoms with Crippen LogP contribution in [0, 0.1) is 0 Å². The van der Waals surface area contributed by atoms with Gasteiger partial charge in [0.1, 0.15) is 11.2 Å². The normalized spacial score (nSPS) is 15.9. The lowest BCUT2D eigenvalue weighted by Crippen LogP contribution is -2.14. The summed E-state index contributed by atoms with van der Waals surface area (Å²) in [4.78, 5) is 0. The van der Waals surface area contributed by atoms with Crippen LogP contribution in [0.1, 0.15) is 60.9 Å². The molecular formula is C49H38N2O. The minimum atomic E-state index is -0.452. The Morgan fingerprint density at radius 2 is 1.33 bits per heavy atom. The van der Waals surface area contributed by atoms with Crippen LogP contribution in [-0.4, -0.2) is 9.13 Å². The zero-order chi connectivity index (χ0) is 41.2. The molecule has 0 bridgehead atoms. The molecule has 0 fully saturated rings. The molecule has 10 aromatic rings. The second kappa shape index (κ2) is 10.0. The van der Waals surface area contributed by atoms with Gasteiger partial charge in [-0.3, -0.25) is 0 Å². The predicted molar refractivity (Wildman–Crippen MR) is 219 cm³/mol. The molecule has 0 amide bonds. The highest BCUT2D eigenvalue weighted by Crippen LogP contribution is 2.52. The maximum Gasteiger partial charge on any atom is 0.137 e. The van der Waals surface area contributed by atoms with E-state index < -0.39 is 12.1 Å². The van der Waals surface area contributed by atoms with E-state index >= 15 is 0 Å². The molecule has 0 atom stereocenters. The summed E-state index contributed by atoms with van der Waals surface area (Å²) in [7, 11) is 0. The Labute approximate surface area is 312 Å². The van der Waals surface area contributed by atoms with Gasteiger partial charge in [0.05, 0.1) is 48.4 Å². The Kier molecular flexibility index (Phi) is 4.52. The fraction of sp³-hybridized carbons (Fsp3) is 0.143. The zero-order valence-electron chi connectivity index (χ0n) is 36.5. The third-order valence-electron chi connectivity index (χ3n) is 11.4. The lowest BCUT2D eigenvalue weighted by molar-refractivity contribution is 0.591. The molecule has 1 aliphatic rings. The Hall–Kier alpha value is -6.06. The van der Waals surface area contributed by atoms with Gasteiger partial charge < -0.3 is 13.6 Å². The van der Waals surface area contributed by atoms with Crippen LogP contribution < -0.4 is 0 Å². The van der Waals surface area contributed by atoms with Crippen LogP contribution >= 0.6 is 0 Å². The van der Waals surface area contributed by atoms with Gasteiger partial charge in [-0.1, -0.05) is 126 Å². The molecule has 3 heterocycles. The van der Waals surface area contributed by atoms with Crippen molar-refractivity contribution >= 4 is 65.6 Å². The van der Waals surface area contributed by atoms with E-state index in [1.54, 1.807) is 0 Å². The maximum absolute atomic E-state index is 9.65. The van der Waals surface area contributed by atoms with Gasteiger partial charge in [0.25, 0.3) is 0 Å². The molecule has 0 radical (unpaired) electrons. The summed E-state index contributed by atoms with van der Waals surface area (Å²) in [5.74, 6) is 0. The number of para-hydroxylation sites is 2. The summed E-state index contributed by atoms with van der Waals surface area (Å²) in [6, 6.07) is 31.7. The van der Waals surface area contributed by atoms with Crippen molar-refractivity contribution in [2.45, 2.75) is 45.4 Å². The number of rotatable bonds is 2. The highest BCUT2D eigenvalue weighted by atomic mass is 16.3. The third-order valence-corrected chi connectivity index (χ3v) is 11.4. The van der Waals surface area contributed by atoms with Gasteiger partial charge in [0.2, 0.25) is 0 Å². The summed E-state index contributed by atoms with van der Waals surface area (Å²) < 4.78 is 73.2. The number of hydrogen-bond acceptors (Lipinski definition) is 1. The summed E-state index contributed by atoms with van der Waals surface area (Å²) in [5.41, 5.74) is 10.3. The van der Waals surface area contributed by atoms with Crippen molar-refractivity contribution in [1.82, 2.24) is 9.13 Å². The maximum atomic E-state index is 9.65. The second-order valence-electron chi connectivity index (χ2n) is 15.6. The first-order valence-corrected chi connectivity index (χ1v) is 17.8. The monoisotopic (exact) mass is 677 g/mol. The van der Waals surface area contributed by atoms with E-state index in [4.69, 9.17) is 12.6 Å². The van der Waals surface area contributed by atoms with Crippen molar-refractivity contribution in [3.63, 3.8) is 0 Å². The average Bonchev–Trinajstić information content (AvgIpc) is 3.94. The quantitative estimate of drug-likeness (QED) is 0.179. The molecule has 0 saturated heterocycles. The molecule has 3 nitrogen and oxygen atoms in total. The lowest BCUT2D eigenvalue weighted by Gasteiger charge is -2.21. The van der Waals surface area contributed by atoms with Crippen LogP contribution in [-0.2, 0) is 10.8 Å². The molecule has 250 valence electrons. The number of nitrogens with zero attached hydrogens (tertiary/aromatic N) is 2. The summed E-state index contributed by atoms with van der Waals surface area (Å²) in [6.45, 7) is 11.1. The molecule has 3 aromatic heterocycles. The fourth-order valence-electron chi connectivity index (χ4n) is 8.95. The molecule has 0 spiro atoms. The smallest absolute Gasteiger partial charge is 0.137 e. The number of fused-ring (bicyclic) bond motifs is 13. The lowest BCUT2D eigenvalue weighted by atomic mass is 9.82. The Morgan fingerprint density at radius 3 is 2.21 bits per heavy atom. The van der Waals surface area contributed by atoms with Gasteiger partial charge in [-0.2, -0.15) is 0 Å². The van der Waals surface area contributed by atoms with Gasteiger partial charge >= 0.3 is 0 Å². The van der Waals surface area contributed by atoms with Crippen molar-refractivity contribution in [2.24, 2.45) is 0 Å². The molecule has 3 heteroatoms. The van der Waals surface area contributed by atoms with Crippen molar-refractivity contribution in [2.75, 3.05) is 0 Å². The Balaban J connectivity index is 1.38. The van der Waals surface area contributed by atoms with Crippen molar-refractivity contribution in [3.05, 3.63) is 156 Å². The second-order valence-corrected chi connectivity index (χ2v) is 15.6. The Bertz CT molecular complexity index is 3540. The predicted octanol–water partition coefficient (Wildman–Crippen LogP) is 13.4. The molecule has 11 rings (SSSR count). The molecule has 0 unspecified atom stereocenters. The van der Waals surface area contributed by atoms with E-state index in [1.165, 1.54) is 22.3 Å². The highest BCUT2D eigenvalue weighted by molar-refractivity contribution is 6.27. The Morgan fingerprint density at radius 1 is 0.577 bits per heavy atom. The first-order chi connectivity index (χ1) is 28.1. The standard InChI is InChI=1S/C49H38N2O/c1-48(2,3)29-24-26-38-34(28-29)30-25-27-41-46(47(30)51(38)40-21-13-23-43-45(40)33-16-8-11-22-42(33)52-43)32-15-7-10-19-37(32)50(41)39-20-12-18-36-44(39)31-14-6-9-17-35(31)49(36,4)5/h6-28H,1-5H3/i8D,11D,13D,16D,21D,22D,23D. The average molecular weight is 678 g/mol. The van der Waals surface area contributed by atoms with E-state index in [0.29, 0.717) is 0 Å². The number of aromatic nitrogens is 2. The third kappa shape index (κ3) is 3.75. The van der Waals surface area contributed by atoms with E-state index in [0.717, 1.165) is 54.9 Å². The largest absolute Gasteiger partial charge is 0.456 e. The molecule has 0 N–H and O–H groups in total. The first kappa shape index (κ1) is 23.4. The van der Waals surface area contributed by atoms with Gasteiger partial charge in [-0.25, -0.2) is 0 Å². The molecule has 1 aliphatic carbocycles. The zero-order valence-corrected chi connectivity index (χ0v) is 29.5. The van der Waals surface area contributed by atoms with Crippen molar-refractivity contribution in [1.29, 1.82) is 0 Å². The van der Waals surface area contributed by atoms with Crippen LogP contribution in [0.3, 0.4) is 0 Å². The van der Waals surface area contributed by atoms with Gasteiger partial charge in [0, 0.05) is 37.9 Å². The minimum absolute atomic E-state index is 0.0555. The topological polar surface area (TPSA) is 23.0 Å². The van der Waals surface area contributed by atoms with E-state index in [9.17, 15) is 1.37 Å². The van der Waals surface area contributed by atoms with Crippen LogP contribution in [0.15, 0.2) is 144 Å². The molecular weight excluding hydrogens is 633 g/mol. The molecule has 52 heavy (non-hydrogen) atoms. The highest BCUT2D eigenvalue weighted by Gasteiger charge is 2.37. The van der Waals surface area contributed by atoms with E-state index in [-0.39, 0.29) is 68.7 Å². The van der Waals surface area contributed by atoms with Gasteiger partial charge in [0.15, 0.2) is 0 Å². The first-order valence-electron chi connectivity index (χ1n) is 21.3. The van der Waals surface area contributed by atoms with Crippen molar-refractivity contribution in [3.8, 4) is 22.5 Å². The van der Waals surface area contributed by atoms with Gasteiger partial charge in [-0.15, -0.1) is 0 Å². The van der Waals surface area contributed by atoms with Crippen LogP contribution in [0.2, 0.25) is 0 Å². The van der Waals surface area contributed by atoms with E-state index in [1.807, 2.05) is 16.7 Å². The SMILES string of the molecule is [2H]c1c([2H])c([2H])c2c(oc3c([2H])c([2H])c([2H])c(-n4c5ccc(C(C)(C)C)cc5c5ccc6c(c7ccccc7n6-c6cccc7c6-c6ccccc6C7(C)C)c54)c32)c1[2H]. The molecule has 0 aliphatic heterocycles. The molecule has 7 aromatic carbocycles. The van der Waals surface area contributed by atoms with Crippen LogP contribution in [0.4, 0.5) is 0 Å². The summed E-state index contributed by atoms with van der Waals surface area (Å²) >= 11 is 0. The van der Waals surface area contributed by atoms with Gasteiger partial charge in [-0.05, 0) is 76.1 Å². The number of benzene rings is 7. The fourth-order valence-corrected chi connectivity index (χ4v) is 8.95. The summed E-state index contributed by atoms with van der Waals surface area (Å²) in [6.07, 6.45) is 0. The van der Waals surface area contributed by atoms with Crippen LogP contribution in [0.5, 0.6) is 0 Å². The van der Waals surface area contributed by atoms with Crippen molar-refractivity contribution < 1.29 is 14.0 Å².